The summed E-state index contributed by atoms with van der Waals surface area (Å²) in [5.41, 5.74) is 2.85. The van der Waals surface area contributed by atoms with Crippen LogP contribution in [-0.4, -0.2) is 34.4 Å². The second-order valence-corrected chi connectivity index (χ2v) is 7.00. The Bertz CT molecular complexity index is 996. The van der Waals surface area contributed by atoms with E-state index in [1.54, 1.807) is 17.1 Å². The van der Waals surface area contributed by atoms with Gasteiger partial charge < -0.3 is 9.47 Å². The Kier molecular flexibility index (Phi) is 4.92. The molecule has 8 heteroatoms. The van der Waals surface area contributed by atoms with E-state index < -0.39 is 4.92 Å². The Balaban J connectivity index is 1.88. The highest BCUT2D eigenvalue weighted by atomic mass is 16.7. The van der Waals surface area contributed by atoms with Crippen LogP contribution in [-0.2, 0) is 11.2 Å². The molecule has 2 aromatic carbocycles. The molecule has 2 aliphatic rings. The highest BCUT2D eigenvalue weighted by Crippen LogP contribution is 2.37. The third-order valence-electron chi connectivity index (χ3n) is 5.30. The lowest BCUT2D eigenvalue weighted by Crippen LogP contribution is -2.36. The van der Waals surface area contributed by atoms with Crippen molar-refractivity contribution in [3.8, 4) is 11.5 Å². The van der Waals surface area contributed by atoms with Gasteiger partial charge in [0, 0.05) is 23.3 Å². The maximum absolute atomic E-state index is 13.0. The number of amides is 1. The molecule has 0 unspecified atom stereocenters. The minimum absolute atomic E-state index is 0.00167. The van der Waals surface area contributed by atoms with Crippen molar-refractivity contribution in [2.75, 3.05) is 6.79 Å². The van der Waals surface area contributed by atoms with Gasteiger partial charge in [-0.25, -0.2) is 5.01 Å². The average Bonchev–Trinajstić information content (AvgIpc) is 3.12. The Morgan fingerprint density at radius 1 is 1.14 bits per heavy atom. The molecule has 0 spiro atoms. The zero-order valence-electron chi connectivity index (χ0n) is 16.3. The fraction of sp³-hybridized carbons (Fsp3) is 0.333. The number of nitro benzene ring substituents is 1. The quantitative estimate of drug-likeness (QED) is 0.569. The minimum Gasteiger partial charge on any atom is -0.454 e. The summed E-state index contributed by atoms with van der Waals surface area (Å²) in [5, 5.41) is 17.3. The number of hydrazone groups is 1. The predicted octanol–water partition coefficient (Wildman–Crippen LogP) is 3.65. The maximum atomic E-state index is 13.0. The van der Waals surface area contributed by atoms with Crippen molar-refractivity contribution < 1.29 is 19.2 Å². The van der Waals surface area contributed by atoms with Gasteiger partial charge in [0.2, 0.25) is 12.7 Å². The fourth-order valence-electron chi connectivity index (χ4n) is 3.69. The van der Waals surface area contributed by atoms with Crippen molar-refractivity contribution in [2.24, 2.45) is 5.10 Å². The van der Waals surface area contributed by atoms with Crippen LogP contribution in [0, 0.1) is 10.1 Å². The van der Waals surface area contributed by atoms with Crippen molar-refractivity contribution in [1.29, 1.82) is 0 Å². The van der Waals surface area contributed by atoms with Crippen LogP contribution in [0.3, 0.4) is 0 Å². The second kappa shape index (κ2) is 7.54. The number of nitro groups is 1. The third-order valence-corrected chi connectivity index (χ3v) is 5.30. The summed E-state index contributed by atoms with van der Waals surface area (Å²) >= 11 is 0. The van der Waals surface area contributed by atoms with E-state index >= 15 is 0 Å². The molecule has 1 amide bonds. The van der Waals surface area contributed by atoms with Crippen LogP contribution in [0.25, 0.3) is 0 Å². The summed E-state index contributed by atoms with van der Waals surface area (Å²) in [7, 11) is 0. The van der Waals surface area contributed by atoms with Crippen molar-refractivity contribution in [3.63, 3.8) is 0 Å². The zero-order chi connectivity index (χ0) is 20.5. The number of fused-ring (bicyclic) bond motifs is 2. The number of hydrogen-bond acceptors (Lipinski definition) is 6. The third kappa shape index (κ3) is 3.41. The Morgan fingerprint density at radius 2 is 1.79 bits per heavy atom. The van der Waals surface area contributed by atoms with E-state index in [9.17, 15) is 14.9 Å². The number of hydrogen-bond donors (Lipinski definition) is 0. The minimum atomic E-state index is -0.440. The molecule has 29 heavy (non-hydrogen) atoms. The number of ether oxygens (including phenoxy) is 2. The fourth-order valence-corrected chi connectivity index (χ4v) is 3.69. The number of non-ortho nitro benzene ring substituents is 1. The van der Waals surface area contributed by atoms with Gasteiger partial charge in [0.25, 0.3) is 5.69 Å². The van der Waals surface area contributed by atoms with Gasteiger partial charge in [-0.3, -0.25) is 14.9 Å². The average molecular weight is 395 g/mol. The van der Waals surface area contributed by atoms with E-state index in [0.29, 0.717) is 22.8 Å². The number of carbonyl (C=O) groups is 1. The van der Waals surface area contributed by atoms with Gasteiger partial charge >= 0.3 is 0 Å². The van der Waals surface area contributed by atoms with Crippen LogP contribution in [0.5, 0.6) is 11.5 Å². The van der Waals surface area contributed by atoms with Gasteiger partial charge in [-0.05, 0) is 42.7 Å². The first-order chi connectivity index (χ1) is 14.0. The molecule has 0 aromatic heterocycles. The van der Waals surface area contributed by atoms with Gasteiger partial charge in [-0.2, -0.15) is 5.10 Å². The first kappa shape index (κ1) is 18.9. The summed E-state index contributed by atoms with van der Waals surface area (Å²) in [4.78, 5) is 23.6. The standard InChI is InChI=1S/C21H21N3O5/c1-3-15(4-2)23-20(25)10-14-9-18-19(29-12-28-18)11-17(14)21(22-23)13-5-7-16(8-6-13)24(26)27/h5-9,11,15H,3-4,10,12H2,1-2H3. The van der Waals surface area contributed by atoms with E-state index in [4.69, 9.17) is 14.6 Å². The summed E-state index contributed by atoms with van der Waals surface area (Å²) in [6, 6.07) is 9.84. The Morgan fingerprint density at radius 3 is 2.41 bits per heavy atom. The van der Waals surface area contributed by atoms with Crippen LogP contribution in [0.2, 0.25) is 0 Å². The molecule has 150 valence electrons. The van der Waals surface area contributed by atoms with Gasteiger partial charge in [0.1, 0.15) is 0 Å². The van der Waals surface area contributed by atoms with Crippen molar-refractivity contribution in [2.45, 2.75) is 39.2 Å². The van der Waals surface area contributed by atoms with Gasteiger partial charge in [-0.15, -0.1) is 0 Å². The monoisotopic (exact) mass is 395 g/mol. The van der Waals surface area contributed by atoms with Crippen LogP contribution in [0.15, 0.2) is 41.5 Å². The van der Waals surface area contributed by atoms with Crippen molar-refractivity contribution >= 4 is 17.3 Å². The van der Waals surface area contributed by atoms with Gasteiger partial charge in [0.15, 0.2) is 11.5 Å². The maximum Gasteiger partial charge on any atom is 0.269 e. The molecule has 0 fully saturated rings. The van der Waals surface area contributed by atoms with E-state index in [0.717, 1.165) is 24.0 Å². The van der Waals surface area contributed by atoms with E-state index in [2.05, 4.69) is 0 Å². The first-order valence-corrected chi connectivity index (χ1v) is 9.60. The van der Waals surface area contributed by atoms with Crippen molar-refractivity contribution in [3.05, 3.63) is 63.2 Å². The van der Waals surface area contributed by atoms with E-state index in [1.165, 1.54) is 12.1 Å². The molecule has 2 heterocycles. The lowest BCUT2D eigenvalue weighted by molar-refractivity contribution is -0.384. The summed E-state index contributed by atoms with van der Waals surface area (Å²) in [5.74, 6) is 1.12. The van der Waals surface area contributed by atoms with Crippen LogP contribution in [0.1, 0.15) is 43.4 Å². The molecule has 0 radical (unpaired) electrons. The summed E-state index contributed by atoms with van der Waals surface area (Å²) in [6.07, 6.45) is 1.75. The number of carbonyl (C=O) groups excluding carboxylic acids is 1. The molecule has 0 aliphatic carbocycles. The number of rotatable bonds is 5. The molecule has 8 nitrogen and oxygen atoms in total. The Hall–Kier alpha value is -3.42. The van der Waals surface area contributed by atoms with Crippen LogP contribution >= 0.6 is 0 Å². The predicted molar refractivity (Wildman–Crippen MR) is 106 cm³/mol. The highest BCUT2D eigenvalue weighted by molar-refractivity contribution is 6.15. The number of benzene rings is 2. The van der Waals surface area contributed by atoms with E-state index in [-0.39, 0.29) is 30.9 Å². The zero-order valence-corrected chi connectivity index (χ0v) is 16.3. The summed E-state index contributed by atoms with van der Waals surface area (Å²) in [6.45, 7) is 4.18. The molecular weight excluding hydrogens is 374 g/mol. The molecular formula is C21H21N3O5. The SMILES string of the molecule is CCC(CC)N1N=C(c2ccc([N+](=O)[O-])cc2)c2cc3c(cc2CC1=O)OCO3. The van der Waals surface area contributed by atoms with Crippen molar-refractivity contribution in [1.82, 2.24) is 5.01 Å². The lowest BCUT2D eigenvalue weighted by atomic mass is 9.95. The highest BCUT2D eigenvalue weighted by Gasteiger charge is 2.30. The Labute approximate surface area is 167 Å². The first-order valence-electron chi connectivity index (χ1n) is 9.60. The second-order valence-electron chi connectivity index (χ2n) is 7.00. The largest absolute Gasteiger partial charge is 0.454 e. The van der Waals surface area contributed by atoms with Crippen LogP contribution in [0.4, 0.5) is 5.69 Å². The van der Waals surface area contributed by atoms with Gasteiger partial charge in [0.05, 0.1) is 23.1 Å². The molecule has 0 atom stereocenters. The smallest absolute Gasteiger partial charge is 0.269 e. The summed E-state index contributed by atoms with van der Waals surface area (Å²) < 4.78 is 11.0. The normalized spacial score (nSPS) is 15.2. The molecule has 2 aromatic rings. The van der Waals surface area contributed by atoms with E-state index in [1.807, 2.05) is 26.0 Å². The molecule has 2 aliphatic heterocycles. The molecule has 0 saturated heterocycles. The topological polar surface area (TPSA) is 94.3 Å². The number of nitrogens with zero attached hydrogens (tertiary/aromatic N) is 3. The lowest BCUT2D eigenvalue weighted by Gasteiger charge is -2.25. The molecule has 0 saturated carbocycles. The molecule has 0 N–H and O–H groups in total. The van der Waals surface area contributed by atoms with Crippen LogP contribution < -0.4 is 9.47 Å². The molecule has 4 rings (SSSR count). The van der Waals surface area contributed by atoms with Gasteiger partial charge in [-0.1, -0.05) is 13.8 Å². The molecule has 0 bridgehead atoms.